The third-order valence-electron chi connectivity index (χ3n) is 3.34. The van der Waals surface area contributed by atoms with Gasteiger partial charge in [-0.3, -0.25) is 4.79 Å². The predicted octanol–water partition coefficient (Wildman–Crippen LogP) is 3.31. The zero-order chi connectivity index (χ0) is 17.2. The first kappa shape index (κ1) is 17.3. The van der Waals surface area contributed by atoms with E-state index in [9.17, 15) is 13.2 Å². The average molecular weight is 354 g/mol. The molecule has 2 aromatic rings. The first-order valence-electron chi connectivity index (χ1n) is 6.68. The molecule has 1 N–H and O–H groups in total. The molecular formula is C16H16ClNO4S. The molecule has 0 spiro atoms. The number of benzene rings is 2. The van der Waals surface area contributed by atoms with Crippen molar-refractivity contribution in [3.05, 3.63) is 52.5 Å². The van der Waals surface area contributed by atoms with Gasteiger partial charge in [0.15, 0.2) is 9.84 Å². The first-order chi connectivity index (χ1) is 10.7. The Hall–Kier alpha value is -2.05. The van der Waals surface area contributed by atoms with Gasteiger partial charge in [0.1, 0.15) is 10.6 Å². The van der Waals surface area contributed by atoms with Crippen molar-refractivity contribution in [1.29, 1.82) is 0 Å². The maximum absolute atomic E-state index is 12.4. The van der Waals surface area contributed by atoms with E-state index in [0.29, 0.717) is 10.7 Å². The van der Waals surface area contributed by atoms with Crippen molar-refractivity contribution in [2.24, 2.45) is 0 Å². The number of carbonyl (C=O) groups is 1. The molecule has 0 saturated carbocycles. The summed E-state index contributed by atoms with van der Waals surface area (Å²) in [6, 6.07) is 9.42. The predicted molar refractivity (Wildman–Crippen MR) is 90.2 cm³/mol. The zero-order valence-electron chi connectivity index (χ0n) is 12.9. The van der Waals surface area contributed by atoms with Crippen LogP contribution in [-0.2, 0) is 9.84 Å². The van der Waals surface area contributed by atoms with Crippen molar-refractivity contribution in [3.8, 4) is 5.75 Å². The topological polar surface area (TPSA) is 72.5 Å². The Morgan fingerprint density at radius 2 is 1.91 bits per heavy atom. The number of nitrogens with one attached hydrogen (secondary N) is 1. The average Bonchev–Trinajstić information content (AvgIpc) is 2.50. The molecule has 0 aromatic heterocycles. The van der Waals surface area contributed by atoms with E-state index in [0.717, 1.165) is 11.8 Å². The maximum Gasteiger partial charge on any atom is 0.255 e. The highest BCUT2D eigenvalue weighted by atomic mass is 35.5. The molecule has 0 fully saturated rings. The van der Waals surface area contributed by atoms with Gasteiger partial charge >= 0.3 is 0 Å². The highest BCUT2D eigenvalue weighted by Gasteiger charge is 2.18. The molecule has 5 nitrogen and oxygen atoms in total. The van der Waals surface area contributed by atoms with E-state index < -0.39 is 15.7 Å². The van der Waals surface area contributed by atoms with Gasteiger partial charge in [-0.2, -0.15) is 0 Å². The van der Waals surface area contributed by atoms with Crippen molar-refractivity contribution >= 4 is 33.0 Å². The molecule has 0 atom stereocenters. The summed E-state index contributed by atoms with van der Waals surface area (Å²) in [6.07, 6.45) is 1.06. The van der Waals surface area contributed by atoms with Crippen molar-refractivity contribution in [2.75, 3.05) is 18.7 Å². The van der Waals surface area contributed by atoms with Crippen LogP contribution in [0.4, 0.5) is 5.69 Å². The fourth-order valence-electron chi connectivity index (χ4n) is 2.05. The second-order valence-corrected chi connectivity index (χ2v) is 7.40. The van der Waals surface area contributed by atoms with Gasteiger partial charge in [-0.25, -0.2) is 8.42 Å². The molecule has 0 heterocycles. The molecule has 0 aliphatic rings. The second-order valence-electron chi connectivity index (χ2n) is 5.00. The first-order valence-corrected chi connectivity index (χ1v) is 8.95. The molecular weight excluding hydrogens is 338 g/mol. The number of carbonyl (C=O) groups excluding carboxylic acids is 1. The molecule has 23 heavy (non-hydrogen) atoms. The lowest BCUT2D eigenvalue weighted by molar-refractivity contribution is 0.102. The van der Waals surface area contributed by atoms with E-state index in [4.69, 9.17) is 16.3 Å². The van der Waals surface area contributed by atoms with Crippen LogP contribution in [0.3, 0.4) is 0 Å². The number of ether oxygens (including phenoxy) is 1. The van der Waals surface area contributed by atoms with E-state index in [-0.39, 0.29) is 16.2 Å². The van der Waals surface area contributed by atoms with Crippen molar-refractivity contribution < 1.29 is 17.9 Å². The Balaban J connectivity index is 2.39. The Morgan fingerprint density at radius 3 is 2.52 bits per heavy atom. The standard InChI is InChI=1S/C16H16ClNO4S/c1-10-12(17)5-4-6-13(10)18-16(19)11-7-8-14(22-2)15(9-11)23(3,20)21/h4-9H,1-3H3,(H,18,19). The number of rotatable bonds is 4. The minimum absolute atomic E-state index is 0.0320. The monoisotopic (exact) mass is 353 g/mol. The third kappa shape index (κ3) is 3.83. The van der Waals surface area contributed by atoms with Crippen LogP contribution < -0.4 is 10.1 Å². The number of anilines is 1. The van der Waals surface area contributed by atoms with Crippen LogP contribution in [0.15, 0.2) is 41.3 Å². The number of hydrogen-bond acceptors (Lipinski definition) is 4. The highest BCUT2D eigenvalue weighted by molar-refractivity contribution is 7.90. The number of amides is 1. The Morgan fingerprint density at radius 1 is 1.22 bits per heavy atom. The van der Waals surface area contributed by atoms with Crippen LogP contribution in [0, 0.1) is 6.92 Å². The lowest BCUT2D eigenvalue weighted by atomic mass is 10.1. The molecule has 122 valence electrons. The van der Waals surface area contributed by atoms with Crippen LogP contribution in [0.25, 0.3) is 0 Å². The Kier molecular flexibility index (Phi) is 4.97. The van der Waals surface area contributed by atoms with Gasteiger partial charge in [-0.15, -0.1) is 0 Å². The van der Waals surface area contributed by atoms with E-state index in [2.05, 4.69) is 5.32 Å². The van der Waals surface area contributed by atoms with Crippen molar-refractivity contribution in [2.45, 2.75) is 11.8 Å². The zero-order valence-corrected chi connectivity index (χ0v) is 14.5. The van der Waals surface area contributed by atoms with Crippen molar-refractivity contribution in [3.63, 3.8) is 0 Å². The van der Waals surface area contributed by atoms with E-state index >= 15 is 0 Å². The van der Waals surface area contributed by atoms with Gasteiger partial charge in [0, 0.05) is 22.5 Å². The highest BCUT2D eigenvalue weighted by Crippen LogP contribution is 2.26. The molecule has 2 aromatic carbocycles. The van der Waals surface area contributed by atoms with Crippen LogP contribution in [0.2, 0.25) is 5.02 Å². The largest absolute Gasteiger partial charge is 0.495 e. The number of halogens is 1. The van der Waals surface area contributed by atoms with Crippen LogP contribution in [-0.4, -0.2) is 27.7 Å². The Labute approximate surface area is 140 Å². The SMILES string of the molecule is COc1ccc(C(=O)Nc2cccc(Cl)c2C)cc1S(C)(=O)=O. The summed E-state index contributed by atoms with van der Waals surface area (Å²) < 4.78 is 28.7. The summed E-state index contributed by atoms with van der Waals surface area (Å²) in [4.78, 5) is 12.3. The third-order valence-corrected chi connectivity index (χ3v) is 4.87. The molecule has 0 saturated heterocycles. The molecule has 1 amide bonds. The lowest BCUT2D eigenvalue weighted by Crippen LogP contribution is -2.14. The van der Waals surface area contributed by atoms with E-state index in [1.54, 1.807) is 25.1 Å². The minimum Gasteiger partial charge on any atom is -0.495 e. The maximum atomic E-state index is 12.4. The van der Waals surface area contributed by atoms with Gasteiger partial charge < -0.3 is 10.1 Å². The second kappa shape index (κ2) is 6.60. The smallest absolute Gasteiger partial charge is 0.255 e. The fourth-order valence-corrected chi connectivity index (χ4v) is 3.08. The molecule has 0 bridgehead atoms. The van der Waals surface area contributed by atoms with Gasteiger partial charge in [0.25, 0.3) is 5.91 Å². The van der Waals surface area contributed by atoms with E-state index in [1.807, 2.05) is 0 Å². The number of hydrogen-bond donors (Lipinski definition) is 1. The Bertz CT molecular complexity index is 862. The number of sulfone groups is 1. The summed E-state index contributed by atoms with van der Waals surface area (Å²) in [5.74, 6) is -0.231. The quantitative estimate of drug-likeness (QED) is 0.915. The van der Waals surface area contributed by atoms with Crippen LogP contribution >= 0.6 is 11.6 Å². The van der Waals surface area contributed by atoms with Crippen LogP contribution in [0.1, 0.15) is 15.9 Å². The summed E-state index contributed by atoms with van der Waals surface area (Å²) in [5.41, 5.74) is 1.52. The van der Waals surface area contributed by atoms with Gasteiger partial charge in [0.2, 0.25) is 0 Å². The molecule has 0 radical (unpaired) electrons. The van der Waals surface area contributed by atoms with Gasteiger partial charge in [0.05, 0.1) is 7.11 Å². The van der Waals surface area contributed by atoms with Crippen molar-refractivity contribution in [1.82, 2.24) is 0 Å². The lowest BCUT2D eigenvalue weighted by Gasteiger charge is -2.11. The molecule has 7 heteroatoms. The molecule has 0 unspecified atom stereocenters. The molecule has 2 rings (SSSR count). The summed E-state index contributed by atoms with van der Waals surface area (Å²) in [6.45, 7) is 1.79. The fraction of sp³-hybridized carbons (Fsp3) is 0.188. The molecule has 0 aliphatic carbocycles. The summed E-state index contributed by atoms with van der Waals surface area (Å²) >= 11 is 6.02. The summed E-state index contributed by atoms with van der Waals surface area (Å²) in [5, 5.41) is 3.26. The van der Waals surface area contributed by atoms with E-state index in [1.165, 1.54) is 25.3 Å². The normalized spacial score (nSPS) is 11.1. The molecule has 0 aliphatic heterocycles. The van der Waals surface area contributed by atoms with Crippen LogP contribution in [0.5, 0.6) is 5.75 Å². The summed E-state index contributed by atoms with van der Waals surface area (Å²) in [7, 11) is -2.14. The van der Waals surface area contributed by atoms with Gasteiger partial charge in [-0.1, -0.05) is 17.7 Å². The van der Waals surface area contributed by atoms with Gasteiger partial charge in [-0.05, 0) is 42.8 Å². The number of methoxy groups -OCH3 is 1. The minimum atomic E-state index is -3.52.